The summed E-state index contributed by atoms with van der Waals surface area (Å²) in [7, 11) is 0. The number of aliphatic hydroxyl groups excluding tert-OH is 1. The van der Waals surface area contributed by atoms with Crippen LogP contribution in [0.2, 0.25) is 0 Å². The summed E-state index contributed by atoms with van der Waals surface area (Å²) in [6, 6.07) is 24.8. The van der Waals surface area contributed by atoms with Crippen molar-refractivity contribution in [3.63, 3.8) is 0 Å². The number of hydrogen-bond donors (Lipinski definition) is 3. The summed E-state index contributed by atoms with van der Waals surface area (Å²) in [5, 5.41) is 18.8. The molecular weight excluding hydrogens is 1080 g/mol. The van der Waals surface area contributed by atoms with Gasteiger partial charge in [-0.3, -0.25) is 9.59 Å². The van der Waals surface area contributed by atoms with Gasteiger partial charge in [-0.05, 0) is 161 Å². The maximum atomic E-state index is 14.1. The quantitative estimate of drug-likeness (QED) is 0.0585. The van der Waals surface area contributed by atoms with Gasteiger partial charge in [-0.15, -0.1) is 0 Å². The summed E-state index contributed by atoms with van der Waals surface area (Å²) in [5.74, 6) is -0.805. The minimum Gasteiger partial charge on any atom is -0.489 e. The van der Waals surface area contributed by atoms with Crippen LogP contribution in [0.25, 0.3) is 0 Å². The number of carbonyl (C=O) groups excluding carboxylic acids is 2. The van der Waals surface area contributed by atoms with Crippen LogP contribution in [-0.4, -0.2) is 82.3 Å². The lowest BCUT2D eigenvalue weighted by atomic mass is 9.87. The van der Waals surface area contributed by atoms with E-state index in [-0.39, 0.29) is 18.4 Å². The van der Waals surface area contributed by atoms with Gasteiger partial charge < -0.3 is 30.1 Å². The number of pyridine rings is 2. The number of nitrogens with zero attached hydrogens (tertiary/aromatic N) is 3. The summed E-state index contributed by atoms with van der Waals surface area (Å²) in [6.07, 6.45) is 12.2. The van der Waals surface area contributed by atoms with Crippen molar-refractivity contribution in [2.45, 2.75) is 121 Å². The Morgan fingerprint density at radius 1 is 0.812 bits per heavy atom. The molecule has 0 radical (unpaired) electrons. The van der Waals surface area contributed by atoms with Gasteiger partial charge in [0.1, 0.15) is 33.2 Å². The Balaban J connectivity index is 0.000000298. The molecule has 1 aliphatic carbocycles. The second-order valence-corrected chi connectivity index (χ2v) is 19.9. The minimum absolute atomic E-state index is 0.0341. The lowest BCUT2D eigenvalue weighted by Crippen LogP contribution is -2.56. The summed E-state index contributed by atoms with van der Waals surface area (Å²) in [4.78, 5) is 37.0. The van der Waals surface area contributed by atoms with Crippen molar-refractivity contribution in [3.05, 3.63) is 158 Å². The van der Waals surface area contributed by atoms with Crippen LogP contribution in [0.3, 0.4) is 0 Å². The Kier molecular flexibility index (Phi) is 24.2. The Bertz CT molecular complexity index is 2280. The molecule has 69 heavy (non-hydrogen) atoms. The zero-order chi connectivity index (χ0) is 49.5. The Labute approximate surface area is 432 Å². The van der Waals surface area contributed by atoms with Gasteiger partial charge in [-0.25, -0.2) is 18.7 Å². The monoisotopic (exact) mass is 1140 g/mol. The fraction of sp³-hybridized carbons (Fsp3) is 0.444. The highest BCUT2D eigenvalue weighted by molar-refractivity contribution is 9.10. The van der Waals surface area contributed by atoms with Gasteiger partial charge in [0.05, 0.1) is 24.9 Å². The molecule has 7 rings (SSSR count). The number of benzene rings is 3. The van der Waals surface area contributed by atoms with Gasteiger partial charge in [0.15, 0.2) is 0 Å². The molecule has 1 saturated carbocycles. The number of nitrogens with one attached hydrogen (secondary N) is 2. The van der Waals surface area contributed by atoms with E-state index >= 15 is 0 Å². The van der Waals surface area contributed by atoms with Gasteiger partial charge >= 0.3 is 0 Å². The van der Waals surface area contributed by atoms with E-state index < -0.39 is 29.7 Å². The highest BCUT2D eigenvalue weighted by Crippen LogP contribution is 2.25. The molecule has 10 nitrogen and oxygen atoms in total. The number of aromatic nitrogens is 2. The van der Waals surface area contributed by atoms with Crippen LogP contribution in [0.1, 0.15) is 115 Å². The van der Waals surface area contributed by atoms with Gasteiger partial charge in [0, 0.05) is 66.2 Å². The molecule has 3 aromatic carbocycles. The number of halogens is 5. The molecule has 1 aliphatic heterocycles. The lowest BCUT2D eigenvalue weighted by molar-refractivity contribution is -0.00514. The van der Waals surface area contributed by atoms with Crippen LogP contribution in [0, 0.1) is 24.5 Å². The van der Waals surface area contributed by atoms with Crippen LogP contribution in [0.5, 0.6) is 5.75 Å². The van der Waals surface area contributed by atoms with E-state index in [9.17, 15) is 23.5 Å². The SMILES string of the molecule is BrCc1ccc(Br)nc1.Brc1ccc(COc2ccccc2)cn1.CCCN(CCC)C(=O)c1cc(C)cc(C(=O)N[C@@H](Cc2cc(F)cc(F)c2)[C@H](O)C2CCC(COC3CCCCC3)CN2)c1. The van der Waals surface area contributed by atoms with Crippen LogP contribution < -0.4 is 15.4 Å². The molecule has 3 N–H and O–H groups in total. The van der Waals surface area contributed by atoms with E-state index in [4.69, 9.17) is 9.47 Å². The van der Waals surface area contributed by atoms with Crippen LogP contribution in [0.4, 0.5) is 8.78 Å². The van der Waals surface area contributed by atoms with E-state index in [2.05, 4.69) is 68.4 Å². The largest absolute Gasteiger partial charge is 0.489 e. The third kappa shape index (κ3) is 19.5. The van der Waals surface area contributed by atoms with Crippen molar-refractivity contribution < 1.29 is 33.0 Å². The summed E-state index contributed by atoms with van der Waals surface area (Å²) >= 11 is 9.86. The number of carbonyl (C=O) groups is 2. The Hall–Kier alpha value is -4.12. The van der Waals surface area contributed by atoms with Gasteiger partial charge in [0.25, 0.3) is 11.8 Å². The first-order valence-corrected chi connectivity index (χ1v) is 26.7. The summed E-state index contributed by atoms with van der Waals surface area (Å²) < 4.78 is 41.7. The molecule has 2 amide bonds. The molecule has 2 aliphatic rings. The average molecular weight is 1140 g/mol. The standard InChI is InChI=1S/C36H51F2N3O4.C12H10BrNO.C6H5Br2N/c1-4-13-41(14-5-2)36(44)28-16-24(3)15-27(20-28)35(43)40-33(19-26-17-29(37)21-30(38)18-26)34(42)32-12-11-25(22-39-32)23-45-31-9-7-6-8-10-31;13-12-7-6-10(8-14-12)9-15-11-4-2-1-3-5-11;7-3-5-1-2-6(8)9-4-5/h15-18,20-21,25,31-34,39,42H,4-14,19,22-23H2,1-3H3,(H,40,43);1-8H,9H2;1-2,4H,3H2/t25?,32?,33-,34+;;/m0../s1. The first kappa shape index (κ1) is 55.8. The molecule has 0 bridgehead atoms. The highest BCUT2D eigenvalue weighted by atomic mass is 79.9. The van der Waals surface area contributed by atoms with Gasteiger partial charge in [0.2, 0.25) is 0 Å². The van der Waals surface area contributed by atoms with E-state index in [0.29, 0.717) is 68.0 Å². The van der Waals surface area contributed by atoms with Crippen LogP contribution in [0.15, 0.2) is 113 Å². The van der Waals surface area contributed by atoms with Crippen LogP contribution >= 0.6 is 47.8 Å². The molecule has 2 fully saturated rings. The second-order valence-electron chi connectivity index (χ2n) is 17.7. The molecule has 372 valence electrons. The predicted molar refractivity (Wildman–Crippen MR) is 280 cm³/mol. The van der Waals surface area contributed by atoms with E-state index in [1.54, 1.807) is 29.3 Å². The third-order valence-corrected chi connectivity index (χ3v) is 13.5. The smallest absolute Gasteiger partial charge is 0.253 e. The minimum atomic E-state index is -1.02. The van der Waals surface area contributed by atoms with Crippen molar-refractivity contribution in [1.29, 1.82) is 0 Å². The van der Waals surface area contributed by atoms with Crippen molar-refractivity contribution in [1.82, 2.24) is 25.5 Å². The van der Waals surface area contributed by atoms with Gasteiger partial charge in [-0.1, -0.05) is 79.4 Å². The summed E-state index contributed by atoms with van der Waals surface area (Å²) in [5.41, 5.74) is 4.08. The fourth-order valence-corrected chi connectivity index (χ4v) is 9.18. The predicted octanol–water partition coefficient (Wildman–Crippen LogP) is 12.1. The molecule has 5 aromatic rings. The number of amides is 2. The fourth-order valence-electron chi connectivity index (χ4n) is 8.38. The van der Waals surface area contributed by atoms with E-state index in [1.165, 1.54) is 37.0 Å². The van der Waals surface area contributed by atoms with Crippen molar-refractivity contribution >= 4 is 59.6 Å². The van der Waals surface area contributed by atoms with Crippen molar-refractivity contribution in [2.24, 2.45) is 5.92 Å². The first-order chi connectivity index (χ1) is 33.3. The zero-order valence-corrected chi connectivity index (χ0v) is 44.6. The Morgan fingerprint density at radius 3 is 2.03 bits per heavy atom. The van der Waals surface area contributed by atoms with Crippen molar-refractivity contribution in [2.75, 3.05) is 26.2 Å². The number of aryl methyl sites for hydroxylation is 1. The number of hydrogen-bond acceptors (Lipinski definition) is 8. The van der Waals surface area contributed by atoms with E-state index in [0.717, 1.165) is 69.6 Å². The molecule has 3 heterocycles. The number of para-hydroxylation sites is 1. The van der Waals surface area contributed by atoms with E-state index in [1.807, 2.05) is 81.6 Å². The van der Waals surface area contributed by atoms with Gasteiger partial charge in [-0.2, -0.15) is 0 Å². The lowest BCUT2D eigenvalue weighted by Gasteiger charge is -2.37. The molecule has 0 spiro atoms. The van der Waals surface area contributed by atoms with Crippen LogP contribution in [-0.2, 0) is 23.1 Å². The highest BCUT2D eigenvalue weighted by Gasteiger charge is 2.33. The van der Waals surface area contributed by atoms with Crippen molar-refractivity contribution in [3.8, 4) is 5.75 Å². The molecular formula is C54H66Br3F2N5O5. The number of aliphatic hydroxyl groups is 1. The second kappa shape index (κ2) is 29.9. The zero-order valence-electron chi connectivity index (χ0n) is 39.8. The normalized spacial score (nSPS) is 16.7. The third-order valence-electron chi connectivity index (χ3n) is 11.9. The average Bonchev–Trinajstić information content (AvgIpc) is 3.36. The Morgan fingerprint density at radius 2 is 1.45 bits per heavy atom. The maximum Gasteiger partial charge on any atom is 0.253 e. The molecule has 2 aromatic heterocycles. The number of piperidine rings is 1. The number of rotatable bonds is 18. The molecule has 2 unspecified atom stereocenters. The topological polar surface area (TPSA) is 126 Å². The molecule has 4 atom stereocenters. The number of ether oxygens (including phenoxy) is 2. The summed E-state index contributed by atoms with van der Waals surface area (Å²) in [6.45, 7) is 9.04. The first-order valence-electron chi connectivity index (χ1n) is 24.0. The molecule has 15 heteroatoms. The maximum absolute atomic E-state index is 14.1. The molecule has 1 saturated heterocycles. The number of alkyl halides is 1.